The molecule has 1 aliphatic rings. The molecule has 0 aromatic heterocycles. The van der Waals surface area contributed by atoms with Crippen LogP contribution in [0.2, 0.25) is 0 Å². The lowest BCUT2D eigenvalue weighted by molar-refractivity contribution is -0.132. The smallest absolute Gasteiger partial charge is 0.415 e. The van der Waals surface area contributed by atoms with E-state index in [2.05, 4.69) is 5.32 Å². The third kappa shape index (κ3) is 5.98. The predicted octanol–water partition coefficient (Wildman–Crippen LogP) is 2.51. The van der Waals surface area contributed by atoms with Crippen molar-refractivity contribution in [1.82, 2.24) is 0 Å². The average molecular weight is 382 g/mol. The number of carbonyl (C=O) groups excluding carboxylic acids is 1. The Morgan fingerprint density at radius 1 is 1.12 bits per heavy atom. The Labute approximate surface area is 148 Å². The molecule has 1 aromatic rings. The number of rotatable bonds is 7. The van der Waals surface area contributed by atoms with Crippen molar-refractivity contribution in [3.8, 4) is 5.75 Å². The molecule has 1 aromatic carbocycles. The second-order valence-electron chi connectivity index (χ2n) is 4.75. The van der Waals surface area contributed by atoms with Gasteiger partial charge in [0.1, 0.15) is 5.75 Å². The lowest BCUT2D eigenvalue weighted by Crippen LogP contribution is -2.16. The van der Waals surface area contributed by atoms with Crippen molar-refractivity contribution < 1.29 is 34.1 Å². The van der Waals surface area contributed by atoms with Gasteiger partial charge in [0.2, 0.25) is 12.4 Å². The first-order chi connectivity index (χ1) is 11.9. The summed E-state index contributed by atoms with van der Waals surface area (Å²) >= 11 is 5.14. The van der Waals surface area contributed by atoms with E-state index in [-0.39, 0.29) is 5.66 Å². The van der Waals surface area contributed by atoms with Gasteiger partial charge in [-0.2, -0.15) is 0 Å². The molecule has 0 radical (unpaired) electrons. The number of aliphatic carboxylic acids is 2. The van der Waals surface area contributed by atoms with Gasteiger partial charge in [-0.1, -0.05) is 0 Å². The SMILES string of the molecule is O=C(O)C=COc1ccc(NC(=O)OC2C(C=CC(=O)O)[P+]2=S)cc1. The predicted molar refractivity (Wildman–Crippen MR) is 92.6 cm³/mol. The van der Waals surface area contributed by atoms with Crippen LogP contribution in [0.4, 0.5) is 10.5 Å². The maximum Gasteiger partial charge on any atom is 0.415 e. The summed E-state index contributed by atoms with van der Waals surface area (Å²) in [5.74, 6) is -2.27. The van der Waals surface area contributed by atoms with Gasteiger partial charge in [0.05, 0.1) is 12.3 Å². The Hall–Kier alpha value is -2.77. The van der Waals surface area contributed by atoms with Gasteiger partial charge in [-0.3, -0.25) is 5.32 Å². The van der Waals surface area contributed by atoms with Crippen LogP contribution in [-0.2, 0) is 26.1 Å². The molecular weight excluding hydrogens is 369 g/mol. The van der Waals surface area contributed by atoms with E-state index >= 15 is 0 Å². The zero-order valence-corrected chi connectivity index (χ0v) is 14.3. The number of carboxylic acid groups (broad SMARTS) is 2. The van der Waals surface area contributed by atoms with Gasteiger partial charge in [-0.15, -0.1) is 0 Å². The van der Waals surface area contributed by atoms with Crippen LogP contribution in [0.15, 0.2) is 48.8 Å². The molecular formula is C15H13NO7PS+. The number of ether oxygens (including phenoxy) is 2. The number of carbonyl (C=O) groups is 3. The Balaban J connectivity index is 1.82. The van der Waals surface area contributed by atoms with Crippen molar-refractivity contribution >= 4 is 42.2 Å². The van der Waals surface area contributed by atoms with Crippen LogP contribution < -0.4 is 10.1 Å². The zero-order chi connectivity index (χ0) is 18.4. The first kappa shape index (κ1) is 18.6. The molecule has 0 bridgehead atoms. The molecule has 1 heterocycles. The summed E-state index contributed by atoms with van der Waals surface area (Å²) in [4.78, 5) is 32.6. The third-order valence-corrected chi connectivity index (χ3v) is 5.89. The summed E-state index contributed by atoms with van der Waals surface area (Å²) in [6.07, 6.45) is 3.62. The van der Waals surface area contributed by atoms with Gasteiger partial charge in [-0.05, 0) is 30.3 Å². The van der Waals surface area contributed by atoms with Gasteiger partial charge in [0.15, 0.2) is 11.8 Å². The normalized spacial score (nSPS) is 20.4. The lowest BCUT2D eigenvalue weighted by atomic mass is 10.3. The molecule has 0 saturated carbocycles. The maximum absolute atomic E-state index is 11.8. The highest BCUT2D eigenvalue weighted by atomic mass is 32.4. The molecule has 0 spiro atoms. The number of hydrogen-bond acceptors (Lipinski definition) is 6. The molecule has 10 heteroatoms. The minimum absolute atomic E-state index is 0.219. The number of anilines is 1. The molecule has 130 valence electrons. The van der Waals surface area contributed by atoms with Crippen molar-refractivity contribution in [1.29, 1.82) is 0 Å². The Kier molecular flexibility index (Phi) is 6.21. The van der Waals surface area contributed by atoms with Crippen LogP contribution in [0.5, 0.6) is 5.75 Å². The van der Waals surface area contributed by atoms with E-state index < -0.39 is 30.6 Å². The second kappa shape index (κ2) is 8.36. The molecule has 3 N–H and O–H groups in total. The highest BCUT2D eigenvalue weighted by Gasteiger charge is 2.62. The van der Waals surface area contributed by atoms with E-state index in [1.807, 2.05) is 0 Å². The number of hydrogen-bond donors (Lipinski definition) is 3. The summed E-state index contributed by atoms with van der Waals surface area (Å²) in [5, 5.41) is 19.5. The summed E-state index contributed by atoms with van der Waals surface area (Å²) in [7, 11) is 0. The minimum Gasteiger partial charge on any atom is -0.478 e. The van der Waals surface area contributed by atoms with E-state index in [1.165, 1.54) is 18.2 Å². The zero-order valence-electron chi connectivity index (χ0n) is 12.6. The number of benzene rings is 1. The Bertz CT molecular complexity index is 760. The third-order valence-electron chi connectivity index (χ3n) is 2.93. The molecule has 8 nitrogen and oxygen atoms in total. The molecule has 1 fully saturated rings. The first-order valence-corrected chi connectivity index (χ1v) is 9.36. The monoisotopic (exact) mass is 382 g/mol. The van der Waals surface area contributed by atoms with Crippen LogP contribution in [0.3, 0.4) is 0 Å². The fourth-order valence-electron chi connectivity index (χ4n) is 1.73. The topological polar surface area (TPSA) is 122 Å². The highest BCUT2D eigenvalue weighted by molar-refractivity contribution is 8.09. The lowest BCUT2D eigenvalue weighted by Gasteiger charge is -2.05. The van der Waals surface area contributed by atoms with E-state index in [1.54, 1.807) is 12.1 Å². The first-order valence-electron chi connectivity index (χ1n) is 6.87. The molecule has 1 aliphatic heterocycles. The number of nitrogens with one attached hydrogen (secondary N) is 1. The molecule has 3 unspecified atom stereocenters. The molecule has 0 aliphatic carbocycles. The van der Waals surface area contributed by atoms with Crippen LogP contribution >= 0.6 is 6.70 Å². The van der Waals surface area contributed by atoms with Crippen molar-refractivity contribution in [2.45, 2.75) is 11.5 Å². The number of carboxylic acids is 2. The quantitative estimate of drug-likeness (QED) is 0.374. The van der Waals surface area contributed by atoms with E-state index in [0.717, 1.165) is 18.4 Å². The van der Waals surface area contributed by atoms with E-state index in [0.29, 0.717) is 11.4 Å². The van der Waals surface area contributed by atoms with Crippen molar-refractivity contribution in [2.75, 3.05) is 5.32 Å². The average Bonchev–Trinajstić information content (AvgIpc) is 3.14. The van der Waals surface area contributed by atoms with Crippen LogP contribution in [0.25, 0.3) is 0 Å². The maximum atomic E-state index is 11.8. The summed E-state index contributed by atoms with van der Waals surface area (Å²) in [6.45, 7) is -0.978. The molecule has 1 saturated heterocycles. The van der Waals surface area contributed by atoms with Gasteiger partial charge in [0.25, 0.3) is 0 Å². The van der Waals surface area contributed by atoms with Gasteiger partial charge < -0.3 is 19.7 Å². The fourth-order valence-corrected chi connectivity index (χ4v) is 4.12. The van der Waals surface area contributed by atoms with Crippen molar-refractivity contribution in [3.05, 3.63) is 48.8 Å². The summed E-state index contributed by atoms with van der Waals surface area (Å²) < 4.78 is 10.2. The van der Waals surface area contributed by atoms with E-state index in [4.69, 9.17) is 31.5 Å². The molecule has 1 amide bonds. The van der Waals surface area contributed by atoms with Gasteiger partial charge in [0, 0.05) is 11.8 Å². The standard InChI is InChI=1S/C15H12NO7PS/c17-12(18)6-5-11-14(24(11)25)23-15(21)16-9-1-3-10(4-2-9)22-8-7-13(19)20/h1-8,11,14H,(H2-,16,17,18,19,20,21)/p+1. The van der Waals surface area contributed by atoms with Crippen LogP contribution in [0, 0.1) is 0 Å². The summed E-state index contributed by atoms with van der Waals surface area (Å²) in [5.41, 5.74) is 0.232. The van der Waals surface area contributed by atoms with Gasteiger partial charge in [-0.25, -0.2) is 14.4 Å². The largest absolute Gasteiger partial charge is 0.478 e. The second-order valence-corrected chi connectivity index (χ2v) is 7.84. The van der Waals surface area contributed by atoms with E-state index in [9.17, 15) is 14.4 Å². The Morgan fingerprint density at radius 3 is 2.36 bits per heavy atom. The summed E-state index contributed by atoms with van der Waals surface area (Å²) in [6, 6.07) is 6.18. The van der Waals surface area contributed by atoms with Crippen molar-refractivity contribution in [3.63, 3.8) is 0 Å². The molecule has 25 heavy (non-hydrogen) atoms. The van der Waals surface area contributed by atoms with Crippen LogP contribution in [-0.4, -0.2) is 39.7 Å². The minimum atomic E-state index is -1.13. The number of amides is 1. The molecule has 2 rings (SSSR count). The van der Waals surface area contributed by atoms with Crippen LogP contribution in [0.1, 0.15) is 0 Å². The molecule has 3 atom stereocenters. The highest BCUT2D eigenvalue weighted by Crippen LogP contribution is 2.58. The van der Waals surface area contributed by atoms with Gasteiger partial charge >= 0.3 is 23.9 Å². The van der Waals surface area contributed by atoms with Crippen molar-refractivity contribution in [2.24, 2.45) is 0 Å². The fraction of sp³-hybridized carbons (Fsp3) is 0.133. The Morgan fingerprint density at radius 2 is 1.76 bits per heavy atom.